The lowest BCUT2D eigenvalue weighted by Crippen LogP contribution is -2.26. The van der Waals surface area contributed by atoms with Gasteiger partial charge in [-0.25, -0.2) is 18.1 Å². The van der Waals surface area contributed by atoms with Crippen LogP contribution in [-0.4, -0.2) is 39.8 Å². The average Bonchev–Trinajstić information content (AvgIpc) is 3.12. The van der Waals surface area contributed by atoms with Gasteiger partial charge in [0.1, 0.15) is 22.9 Å². The minimum atomic E-state index is -3.42. The first-order valence-electron chi connectivity index (χ1n) is 11.1. The Hall–Kier alpha value is -3.47. The van der Waals surface area contributed by atoms with E-state index in [0.29, 0.717) is 28.6 Å². The van der Waals surface area contributed by atoms with Crippen LogP contribution in [0.1, 0.15) is 50.4 Å². The maximum Gasteiger partial charge on any atom is 0.254 e. The molecule has 1 saturated carbocycles. The highest BCUT2D eigenvalue weighted by atomic mass is 32.2. The molecule has 34 heavy (non-hydrogen) atoms. The van der Waals surface area contributed by atoms with Crippen molar-refractivity contribution in [3.8, 4) is 11.3 Å². The molecule has 1 aliphatic carbocycles. The van der Waals surface area contributed by atoms with Crippen molar-refractivity contribution in [2.75, 3.05) is 15.8 Å². The van der Waals surface area contributed by atoms with Crippen molar-refractivity contribution in [3.63, 3.8) is 0 Å². The van der Waals surface area contributed by atoms with Crippen LogP contribution in [0.15, 0.2) is 42.9 Å². The van der Waals surface area contributed by atoms with E-state index in [0.717, 1.165) is 19.3 Å². The Bertz CT molecular complexity index is 1280. The van der Waals surface area contributed by atoms with E-state index in [4.69, 9.17) is 10.8 Å². The Morgan fingerprint density at radius 1 is 1.18 bits per heavy atom. The second-order valence-electron chi connectivity index (χ2n) is 9.49. The Morgan fingerprint density at radius 2 is 1.88 bits per heavy atom. The number of carbonyl (C=O) groups is 1. The van der Waals surface area contributed by atoms with Gasteiger partial charge in [-0.3, -0.25) is 14.5 Å². The van der Waals surface area contributed by atoms with Crippen LogP contribution in [0.4, 0.5) is 17.3 Å². The summed E-state index contributed by atoms with van der Waals surface area (Å²) in [7, 11) is -3.42. The van der Waals surface area contributed by atoms with Gasteiger partial charge in [-0.05, 0) is 51.7 Å². The van der Waals surface area contributed by atoms with Crippen molar-refractivity contribution in [2.45, 2.75) is 45.6 Å². The first-order valence-corrected chi connectivity index (χ1v) is 12.8. The van der Waals surface area contributed by atoms with E-state index in [-0.39, 0.29) is 17.2 Å². The number of amides is 1. The third kappa shape index (κ3) is 5.19. The molecule has 2 aromatic heterocycles. The fourth-order valence-electron chi connectivity index (χ4n) is 3.83. The van der Waals surface area contributed by atoms with Gasteiger partial charge in [-0.2, -0.15) is 5.10 Å². The molecule has 0 atom stereocenters. The molecule has 0 spiro atoms. The minimum absolute atomic E-state index is 0.133. The summed E-state index contributed by atoms with van der Waals surface area (Å²) in [4.78, 5) is 20.8. The molecule has 1 fully saturated rings. The van der Waals surface area contributed by atoms with Gasteiger partial charge in [0.25, 0.3) is 5.91 Å². The summed E-state index contributed by atoms with van der Waals surface area (Å²) >= 11 is 0. The van der Waals surface area contributed by atoms with Crippen LogP contribution in [-0.2, 0) is 15.6 Å². The summed E-state index contributed by atoms with van der Waals surface area (Å²) in [5.41, 5.74) is 6.97. The number of rotatable bonds is 8. The second-order valence-corrected chi connectivity index (χ2v) is 11.3. The summed E-state index contributed by atoms with van der Waals surface area (Å²) in [6.45, 7) is 5.86. The number of sulfonamides is 1. The molecular weight excluding hydrogens is 454 g/mol. The summed E-state index contributed by atoms with van der Waals surface area (Å²) in [5, 5.41) is 7.82. The SMILES string of the molecule is CC(C)(C)n1nc(-c2ccc(NS(=O)(=O)CC3CCC3)cc2)c(C(N)=O)c1Nc1cnccn1. The van der Waals surface area contributed by atoms with Crippen LogP contribution in [0.3, 0.4) is 0 Å². The predicted molar refractivity (Wildman–Crippen MR) is 131 cm³/mol. The topological polar surface area (TPSA) is 145 Å². The Labute approximate surface area is 199 Å². The van der Waals surface area contributed by atoms with Gasteiger partial charge in [0.2, 0.25) is 10.0 Å². The van der Waals surface area contributed by atoms with Gasteiger partial charge in [0.15, 0.2) is 0 Å². The van der Waals surface area contributed by atoms with E-state index in [9.17, 15) is 13.2 Å². The number of anilines is 3. The van der Waals surface area contributed by atoms with E-state index >= 15 is 0 Å². The normalized spacial score (nSPS) is 14.4. The van der Waals surface area contributed by atoms with Crippen LogP contribution in [0.25, 0.3) is 11.3 Å². The highest BCUT2D eigenvalue weighted by Gasteiger charge is 2.29. The summed E-state index contributed by atoms with van der Waals surface area (Å²) in [6.07, 6.45) is 7.62. The highest BCUT2D eigenvalue weighted by Crippen LogP contribution is 2.34. The van der Waals surface area contributed by atoms with Gasteiger partial charge in [-0.1, -0.05) is 18.6 Å². The second kappa shape index (κ2) is 9.05. The maximum atomic E-state index is 12.5. The molecule has 10 nitrogen and oxygen atoms in total. The predicted octanol–water partition coefficient (Wildman–Crippen LogP) is 3.48. The summed E-state index contributed by atoms with van der Waals surface area (Å²) in [6, 6.07) is 6.75. The maximum absolute atomic E-state index is 12.5. The lowest BCUT2D eigenvalue weighted by Gasteiger charge is -2.25. The van der Waals surface area contributed by atoms with Gasteiger partial charge in [-0.15, -0.1) is 0 Å². The molecule has 1 aromatic carbocycles. The van der Waals surface area contributed by atoms with Crippen LogP contribution in [0.5, 0.6) is 0 Å². The van der Waals surface area contributed by atoms with E-state index in [1.54, 1.807) is 35.1 Å². The molecule has 3 aromatic rings. The number of benzene rings is 1. The summed E-state index contributed by atoms with van der Waals surface area (Å²) in [5.74, 6) is 0.561. The number of nitrogens with two attached hydrogens (primary N) is 1. The lowest BCUT2D eigenvalue weighted by atomic mass is 9.87. The van der Waals surface area contributed by atoms with Gasteiger partial charge < -0.3 is 11.1 Å². The molecular formula is C23H29N7O3S. The molecule has 0 radical (unpaired) electrons. The number of nitrogens with zero attached hydrogens (tertiary/aromatic N) is 4. The smallest absolute Gasteiger partial charge is 0.254 e. The molecule has 0 bridgehead atoms. The molecule has 1 amide bonds. The third-order valence-electron chi connectivity index (χ3n) is 5.69. The Balaban J connectivity index is 1.68. The molecule has 180 valence electrons. The standard InChI is InChI=1S/C23H29N7O3S/c1-23(2,3)30-22(27-18-13-25-11-12-26-18)19(21(24)31)20(28-30)16-7-9-17(10-8-16)29-34(32,33)14-15-5-4-6-15/h7-13,15,29H,4-6,14H2,1-3H3,(H2,24,31)(H,26,27). The van der Waals surface area contributed by atoms with E-state index in [2.05, 4.69) is 20.0 Å². The number of primary amides is 1. The Morgan fingerprint density at radius 3 is 2.41 bits per heavy atom. The van der Waals surface area contributed by atoms with Crippen LogP contribution in [0, 0.1) is 5.92 Å². The number of hydrogen-bond acceptors (Lipinski definition) is 7. The molecule has 11 heteroatoms. The zero-order valence-electron chi connectivity index (χ0n) is 19.4. The molecule has 0 unspecified atom stereocenters. The van der Waals surface area contributed by atoms with Crippen molar-refractivity contribution < 1.29 is 13.2 Å². The van der Waals surface area contributed by atoms with Gasteiger partial charge in [0.05, 0.1) is 17.5 Å². The lowest BCUT2D eigenvalue weighted by molar-refractivity contribution is 0.100. The zero-order valence-corrected chi connectivity index (χ0v) is 20.3. The minimum Gasteiger partial charge on any atom is -0.365 e. The first-order chi connectivity index (χ1) is 16.0. The first kappa shape index (κ1) is 23.7. The molecule has 4 rings (SSSR count). The number of nitrogens with one attached hydrogen (secondary N) is 2. The van der Waals surface area contributed by atoms with Crippen LogP contribution < -0.4 is 15.8 Å². The van der Waals surface area contributed by atoms with E-state index in [1.807, 2.05) is 20.8 Å². The van der Waals surface area contributed by atoms with Crippen LogP contribution in [0.2, 0.25) is 0 Å². The molecule has 0 saturated heterocycles. The van der Waals surface area contributed by atoms with Crippen molar-refractivity contribution in [2.24, 2.45) is 11.7 Å². The molecule has 2 heterocycles. The highest BCUT2D eigenvalue weighted by molar-refractivity contribution is 7.92. The number of aromatic nitrogens is 4. The van der Waals surface area contributed by atoms with E-state index in [1.165, 1.54) is 12.4 Å². The van der Waals surface area contributed by atoms with Crippen LogP contribution >= 0.6 is 0 Å². The third-order valence-corrected chi connectivity index (χ3v) is 7.15. The number of carbonyl (C=O) groups excluding carboxylic acids is 1. The summed E-state index contributed by atoms with van der Waals surface area (Å²) < 4.78 is 29.2. The fourth-order valence-corrected chi connectivity index (χ4v) is 5.36. The quantitative estimate of drug-likeness (QED) is 0.445. The van der Waals surface area contributed by atoms with Gasteiger partial charge >= 0.3 is 0 Å². The molecule has 0 aliphatic heterocycles. The average molecular weight is 484 g/mol. The van der Waals surface area contributed by atoms with Crippen molar-refractivity contribution >= 4 is 33.3 Å². The van der Waals surface area contributed by atoms with E-state index < -0.39 is 21.5 Å². The largest absolute Gasteiger partial charge is 0.365 e. The van der Waals surface area contributed by atoms with Crippen molar-refractivity contribution in [3.05, 3.63) is 48.4 Å². The fraction of sp³-hybridized carbons (Fsp3) is 0.391. The van der Waals surface area contributed by atoms with Crippen molar-refractivity contribution in [1.82, 2.24) is 19.7 Å². The zero-order chi connectivity index (χ0) is 24.5. The molecule has 4 N–H and O–H groups in total. The van der Waals surface area contributed by atoms with Crippen molar-refractivity contribution in [1.29, 1.82) is 0 Å². The monoisotopic (exact) mass is 483 g/mol. The Kier molecular flexibility index (Phi) is 6.30. The molecule has 1 aliphatic rings. The number of hydrogen-bond donors (Lipinski definition) is 3. The van der Waals surface area contributed by atoms with Gasteiger partial charge in [0, 0.05) is 23.6 Å².